The quantitative estimate of drug-likeness (QED) is 0.822. The molecule has 0 saturated heterocycles. The molecule has 1 N–H and O–H groups in total. The number of amides is 1. The summed E-state index contributed by atoms with van der Waals surface area (Å²) in [4.78, 5) is 11.3. The molecule has 0 unspecified atom stereocenters. The van der Waals surface area contributed by atoms with Crippen LogP contribution in [0.1, 0.15) is 24.2 Å². The minimum Gasteiger partial charge on any atom is -0.382 e. The topological polar surface area (TPSA) is 72.5 Å². The third-order valence-electron chi connectivity index (χ3n) is 2.49. The Morgan fingerprint density at radius 3 is 2.48 bits per heavy atom. The maximum atomic E-state index is 13.5. The highest BCUT2D eigenvalue weighted by molar-refractivity contribution is 8.13. The lowest BCUT2D eigenvalue weighted by molar-refractivity contribution is 0.0820. The summed E-state index contributed by atoms with van der Waals surface area (Å²) in [5.74, 6) is -1.79. The third kappa shape index (κ3) is 4.81. The van der Waals surface area contributed by atoms with Crippen molar-refractivity contribution in [1.29, 1.82) is 0 Å². The largest absolute Gasteiger partial charge is 0.382 e. The van der Waals surface area contributed by atoms with Gasteiger partial charge in [0.05, 0.1) is 22.7 Å². The Bertz CT molecular complexity index is 661. The summed E-state index contributed by atoms with van der Waals surface area (Å²) in [5, 5.41) is 2.38. The molecule has 9 heteroatoms. The van der Waals surface area contributed by atoms with Crippen LogP contribution < -0.4 is 5.32 Å². The first-order valence-corrected chi connectivity index (χ1v) is 8.42. The summed E-state index contributed by atoms with van der Waals surface area (Å²) in [6.07, 6.45) is 0. The van der Waals surface area contributed by atoms with Crippen LogP contribution in [-0.4, -0.2) is 33.6 Å². The second-order valence-corrected chi connectivity index (χ2v) is 7.91. The zero-order chi connectivity index (χ0) is 16.4. The molecule has 0 heterocycles. The molecule has 0 aliphatic rings. The first-order chi connectivity index (χ1) is 9.48. The Labute approximate surface area is 131 Å². The van der Waals surface area contributed by atoms with Crippen molar-refractivity contribution in [3.05, 3.63) is 28.5 Å². The molecular weight excluding hydrogens is 344 g/mol. The number of ether oxygens (including phenoxy) is 1. The van der Waals surface area contributed by atoms with Crippen molar-refractivity contribution in [3.63, 3.8) is 0 Å². The van der Waals surface area contributed by atoms with Crippen LogP contribution >= 0.6 is 22.3 Å². The Balaban J connectivity index is 3.22. The fourth-order valence-corrected chi connectivity index (χ4v) is 2.80. The van der Waals surface area contributed by atoms with Crippen molar-refractivity contribution in [3.8, 4) is 0 Å². The van der Waals surface area contributed by atoms with E-state index in [1.807, 2.05) is 0 Å². The van der Waals surface area contributed by atoms with Crippen molar-refractivity contribution in [2.24, 2.45) is 0 Å². The second kappa shape index (κ2) is 6.48. The molecule has 5 nitrogen and oxygen atoms in total. The number of hydrogen-bond donors (Lipinski definition) is 1. The lowest BCUT2D eigenvalue weighted by atomic mass is 10.1. The summed E-state index contributed by atoms with van der Waals surface area (Å²) < 4.78 is 41.0. The number of methoxy groups -OCH3 is 1. The molecule has 0 spiro atoms. The SMILES string of the molecule is COCC(C)(C)NC(=O)c1cc(S(=O)(=O)Cl)c(F)cc1Cl. The van der Waals surface area contributed by atoms with E-state index in [0.29, 0.717) is 0 Å². The molecule has 0 saturated carbocycles. The highest BCUT2D eigenvalue weighted by atomic mass is 35.7. The molecule has 0 aliphatic heterocycles. The van der Waals surface area contributed by atoms with Crippen molar-refractivity contribution in [2.75, 3.05) is 13.7 Å². The van der Waals surface area contributed by atoms with Gasteiger partial charge in [0, 0.05) is 17.8 Å². The molecular formula is C12H14Cl2FNO4S. The predicted molar refractivity (Wildman–Crippen MR) is 77.9 cm³/mol. The molecule has 0 aromatic heterocycles. The van der Waals surface area contributed by atoms with Gasteiger partial charge in [0.15, 0.2) is 0 Å². The van der Waals surface area contributed by atoms with Crippen LogP contribution in [0.25, 0.3) is 0 Å². The first kappa shape index (κ1) is 18.2. The van der Waals surface area contributed by atoms with Gasteiger partial charge in [-0.05, 0) is 26.0 Å². The van der Waals surface area contributed by atoms with Crippen molar-refractivity contribution in [1.82, 2.24) is 5.32 Å². The zero-order valence-electron chi connectivity index (χ0n) is 11.5. The highest BCUT2D eigenvalue weighted by Gasteiger charge is 2.25. The van der Waals surface area contributed by atoms with Crippen LogP contribution in [0.4, 0.5) is 4.39 Å². The third-order valence-corrected chi connectivity index (χ3v) is 4.14. The van der Waals surface area contributed by atoms with Gasteiger partial charge in [0.1, 0.15) is 10.7 Å². The Morgan fingerprint density at radius 2 is 2.00 bits per heavy atom. The number of benzene rings is 1. The van der Waals surface area contributed by atoms with Crippen LogP contribution in [-0.2, 0) is 13.8 Å². The lowest BCUT2D eigenvalue weighted by Gasteiger charge is -2.25. The summed E-state index contributed by atoms with van der Waals surface area (Å²) in [6, 6.07) is 1.53. The highest BCUT2D eigenvalue weighted by Crippen LogP contribution is 2.26. The van der Waals surface area contributed by atoms with E-state index >= 15 is 0 Å². The van der Waals surface area contributed by atoms with Crippen LogP contribution in [0.2, 0.25) is 5.02 Å². The predicted octanol–water partition coefficient (Wildman–Crippen LogP) is 2.56. The Hall–Kier alpha value is -0.890. The second-order valence-electron chi connectivity index (χ2n) is 4.97. The molecule has 1 aromatic carbocycles. The lowest BCUT2D eigenvalue weighted by Crippen LogP contribution is -2.46. The van der Waals surface area contributed by atoms with Gasteiger partial charge in [-0.25, -0.2) is 12.8 Å². The molecule has 1 aromatic rings. The smallest absolute Gasteiger partial charge is 0.264 e. The van der Waals surface area contributed by atoms with Gasteiger partial charge in [0.25, 0.3) is 15.0 Å². The van der Waals surface area contributed by atoms with Crippen LogP contribution in [0.3, 0.4) is 0 Å². The van der Waals surface area contributed by atoms with Crippen LogP contribution in [0.5, 0.6) is 0 Å². The van der Waals surface area contributed by atoms with E-state index in [9.17, 15) is 17.6 Å². The van der Waals surface area contributed by atoms with Gasteiger partial charge in [-0.15, -0.1) is 0 Å². The van der Waals surface area contributed by atoms with E-state index in [1.165, 1.54) is 7.11 Å². The zero-order valence-corrected chi connectivity index (χ0v) is 13.9. The van der Waals surface area contributed by atoms with Crippen molar-refractivity contribution < 1.29 is 22.3 Å². The van der Waals surface area contributed by atoms with Gasteiger partial charge in [-0.3, -0.25) is 4.79 Å². The van der Waals surface area contributed by atoms with E-state index in [1.54, 1.807) is 13.8 Å². The van der Waals surface area contributed by atoms with Gasteiger partial charge in [-0.2, -0.15) is 0 Å². The van der Waals surface area contributed by atoms with E-state index in [0.717, 1.165) is 12.1 Å². The van der Waals surface area contributed by atoms with Gasteiger partial charge in [0.2, 0.25) is 0 Å². The number of hydrogen-bond acceptors (Lipinski definition) is 4. The van der Waals surface area contributed by atoms with Gasteiger partial charge in [-0.1, -0.05) is 11.6 Å². The maximum Gasteiger partial charge on any atom is 0.264 e. The van der Waals surface area contributed by atoms with Crippen molar-refractivity contribution >= 4 is 37.2 Å². The molecule has 0 radical (unpaired) electrons. The number of rotatable bonds is 5. The molecule has 1 amide bonds. The fraction of sp³-hybridized carbons (Fsp3) is 0.417. The Kier molecular flexibility index (Phi) is 5.60. The molecule has 0 fully saturated rings. The summed E-state index contributed by atoms with van der Waals surface area (Å²) in [6.45, 7) is 3.62. The number of nitrogens with one attached hydrogen (secondary N) is 1. The van der Waals surface area contributed by atoms with E-state index in [2.05, 4.69) is 5.32 Å². The monoisotopic (exact) mass is 357 g/mol. The van der Waals surface area contributed by atoms with E-state index in [-0.39, 0.29) is 17.2 Å². The summed E-state index contributed by atoms with van der Waals surface area (Å²) in [5.41, 5.74) is -0.912. The van der Waals surface area contributed by atoms with Crippen LogP contribution in [0, 0.1) is 5.82 Å². The van der Waals surface area contributed by atoms with Crippen molar-refractivity contribution in [2.45, 2.75) is 24.3 Å². The molecule has 1 rings (SSSR count). The number of carbonyl (C=O) groups excluding carboxylic acids is 1. The Morgan fingerprint density at radius 1 is 1.43 bits per heavy atom. The van der Waals surface area contributed by atoms with Crippen LogP contribution in [0.15, 0.2) is 17.0 Å². The van der Waals surface area contributed by atoms with Gasteiger partial charge >= 0.3 is 0 Å². The first-order valence-electron chi connectivity index (χ1n) is 5.73. The molecule has 0 bridgehead atoms. The minimum absolute atomic E-state index is 0.193. The van der Waals surface area contributed by atoms with E-state index in [4.69, 9.17) is 27.0 Å². The number of halogens is 3. The van der Waals surface area contributed by atoms with E-state index < -0.39 is 31.2 Å². The average Bonchev–Trinajstić information content (AvgIpc) is 2.25. The van der Waals surface area contributed by atoms with Gasteiger partial charge < -0.3 is 10.1 Å². The average molecular weight is 358 g/mol. The molecule has 0 atom stereocenters. The molecule has 118 valence electrons. The normalized spacial score (nSPS) is 12.3. The molecule has 0 aliphatic carbocycles. The minimum atomic E-state index is -4.33. The fourth-order valence-electron chi connectivity index (χ4n) is 1.66. The summed E-state index contributed by atoms with van der Waals surface area (Å²) in [7, 11) is 2.26. The molecule has 21 heavy (non-hydrogen) atoms. The standard InChI is InChI=1S/C12H14Cl2FNO4S/c1-12(2,6-20-3)16-11(17)7-4-10(21(14,18)19)9(15)5-8(7)13/h4-5H,6H2,1-3H3,(H,16,17). The number of carbonyl (C=O) groups is 1. The summed E-state index contributed by atoms with van der Waals surface area (Å²) >= 11 is 5.78. The maximum absolute atomic E-state index is 13.5.